The lowest BCUT2D eigenvalue weighted by Gasteiger charge is -2.05. The van der Waals surface area contributed by atoms with Gasteiger partial charge < -0.3 is 9.26 Å². The summed E-state index contributed by atoms with van der Waals surface area (Å²) >= 11 is 13.5. The highest BCUT2D eigenvalue weighted by molar-refractivity contribution is 7.08. The summed E-state index contributed by atoms with van der Waals surface area (Å²) < 4.78 is 10.6. The van der Waals surface area contributed by atoms with Gasteiger partial charge in [0.25, 0.3) is 5.89 Å². The number of hydrogen-bond donors (Lipinski definition) is 0. The van der Waals surface area contributed by atoms with E-state index in [9.17, 15) is 0 Å². The lowest BCUT2D eigenvalue weighted by Crippen LogP contribution is -1.96. The van der Waals surface area contributed by atoms with Crippen molar-refractivity contribution >= 4 is 34.5 Å². The van der Waals surface area contributed by atoms with E-state index in [1.807, 2.05) is 16.8 Å². The van der Waals surface area contributed by atoms with Crippen LogP contribution in [-0.2, 0) is 6.61 Å². The normalized spacial score (nSPS) is 10.7. The fraction of sp³-hybridized carbons (Fsp3) is 0.0769. The zero-order chi connectivity index (χ0) is 13.9. The van der Waals surface area contributed by atoms with Gasteiger partial charge in [-0.2, -0.15) is 16.3 Å². The number of hydrogen-bond acceptors (Lipinski definition) is 5. The highest BCUT2D eigenvalue weighted by atomic mass is 35.5. The van der Waals surface area contributed by atoms with Gasteiger partial charge in [-0.1, -0.05) is 28.4 Å². The first-order valence-corrected chi connectivity index (χ1v) is 7.35. The van der Waals surface area contributed by atoms with Crippen molar-refractivity contribution in [2.75, 3.05) is 0 Å². The Balaban J connectivity index is 1.71. The number of nitrogens with zero attached hydrogens (tertiary/aromatic N) is 2. The summed E-state index contributed by atoms with van der Waals surface area (Å²) in [5.74, 6) is 1.40. The van der Waals surface area contributed by atoms with E-state index in [1.165, 1.54) is 0 Å². The van der Waals surface area contributed by atoms with E-state index >= 15 is 0 Å². The van der Waals surface area contributed by atoms with Crippen LogP contribution in [0.25, 0.3) is 11.4 Å². The predicted octanol–water partition coefficient (Wildman–Crippen LogP) is 4.68. The van der Waals surface area contributed by atoms with Gasteiger partial charge in [0.2, 0.25) is 5.82 Å². The van der Waals surface area contributed by atoms with Gasteiger partial charge >= 0.3 is 0 Å². The smallest absolute Gasteiger partial charge is 0.264 e. The van der Waals surface area contributed by atoms with Crippen LogP contribution < -0.4 is 4.74 Å². The summed E-state index contributed by atoms with van der Waals surface area (Å²) in [5.41, 5.74) is 0.922. The number of halogens is 2. The quantitative estimate of drug-likeness (QED) is 0.698. The van der Waals surface area contributed by atoms with E-state index in [4.69, 9.17) is 32.5 Å². The summed E-state index contributed by atoms with van der Waals surface area (Å²) in [7, 11) is 0. The summed E-state index contributed by atoms with van der Waals surface area (Å²) in [5, 5.41) is 8.82. The monoisotopic (exact) mass is 326 g/mol. The molecule has 7 heteroatoms. The number of rotatable bonds is 4. The van der Waals surface area contributed by atoms with Gasteiger partial charge in [0, 0.05) is 22.0 Å². The van der Waals surface area contributed by atoms with Crippen molar-refractivity contribution in [1.82, 2.24) is 10.1 Å². The molecule has 0 bridgehead atoms. The van der Waals surface area contributed by atoms with Crippen LogP contribution in [0.5, 0.6) is 5.75 Å². The van der Waals surface area contributed by atoms with E-state index in [1.54, 1.807) is 29.5 Å². The molecule has 0 spiro atoms. The van der Waals surface area contributed by atoms with Gasteiger partial charge in [-0.25, -0.2) is 0 Å². The van der Waals surface area contributed by atoms with Crippen LogP contribution in [0, 0.1) is 0 Å². The molecule has 0 saturated heterocycles. The standard InChI is InChI=1S/C13H8Cl2N2O2S/c14-9-1-2-10(15)11(5-9)18-6-12-16-13(17-19-12)8-3-4-20-7-8/h1-5,7H,6H2. The molecule has 3 rings (SSSR count). The van der Waals surface area contributed by atoms with Gasteiger partial charge in [0.15, 0.2) is 6.61 Å². The largest absolute Gasteiger partial charge is 0.482 e. The van der Waals surface area contributed by atoms with E-state index in [2.05, 4.69) is 10.1 Å². The van der Waals surface area contributed by atoms with Crippen LogP contribution in [0.1, 0.15) is 5.89 Å². The van der Waals surface area contributed by atoms with Crippen LogP contribution in [0.4, 0.5) is 0 Å². The van der Waals surface area contributed by atoms with Crippen LogP contribution in [-0.4, -0.2) is 10.1 Å². The van der Waals surface area contributed by atoms with Crippen LogP contribution >= 0.6 is 34.5 Å². The molecule has 0 unspecified atom stereocenters. The first-order valence-electron chi connectivity index (χ1n) is 5.65. The molecule has 0 aliphatic carbocycles. The Morgan fingerprint density at radius 2 is 2.15 bits per heavy atom. The average Bonchev–Trinajstić information content (AvgIpc) is 3.09. The van der Waals surface area contributed by atoms with Gasteiger partial charge in [-0.15, -0.1) is 0 Å². The molecule has 2 aromatic heterocycles. The van der Waals surface area contributed by atoms with Gasteiger partial charge in [-0.3, -0.25) is 0 Å². The van der Waals surface area contributed by atoms with Crippen LogP contribution in [0.3, 0.4) is 0 Å². The molecule has 0 N–H and O–H groups in total. The second kappa shape index (κ2) is 5.83. The molecule has 0 atom stereocenters. The molecular weight excluding hydrogens is 319 g/mol. The fourth-order valence-electron chi connectivity index (χ4n) is 1.55. The first kappa shape index (κ1) is 13.4. The number of aromatic nitrogens is 2. The minimum absolute atomic E-state index is 0.136. The Morgan fingerprint density at radius 1 is 1.25 bits per heavy atom. The minimum atomic E-state index is 0.136. The third-order valence-corrected chi connectivity index (χ3v) is 3.72. The van der Waals surface area contributed by atoms with Crippen LogP contribution in [0.15, 0.2) is 39.5 Å². The molecular formula is C13H8Cl2N2O2S. The van der Waals surface area contributed by atoms with Crippen molar-refractivity contribution in [3.63, 3.8) is 0 Å². The van der Waals surface area contributed by atoms with Crippen molar-refractivity contribution in [3.05, 3.63) is 51.0 Å². The SMILES string of the molecule is Clc1ccc(Cl)c(OCc2nc(-c3ccsc3)no2)c1. The molecule has 3 aromatic rings. The summed E-state index contributed by atoms with van der Waals surface area (Å²) in [6, 6.07) is 6.93. The summed E-state index contributed by atoms with van der Waals surface area (Å²) in [6.45, 7) is 0.136. The van der Waals surface area contributed by atoms with E-state index < -0.39 is 0 Å². The summed E-state index contributed by atoms with van der Waals surface area (Å²) in [6.07, 6.45) is 0. The second-order valence-corrected chi connectivity index (χ2v) is 5.51. The molecule has 1 aromatic carbocycles. The average molecular weight is 327 g/mol. The lowest BCUT2D eigenvalue weighted by molar-refractivity contribution is 0.243. The Morgan fingerprint density at radius 3 is 2.95 bits per heavy atom. The zero-order valence-corrected chi connectivity index (χ0v) is 12.4. The second-order valence-electron chi connectivity index (χ2n) is 3.89. The third-order valence-electron chi connectivity index (χ3n) is 2.49. The highest BCUT2D eigenvalue weighted by Crippen LogP contribution is 2.28. The molecule has 0 saturated carbocycles. The highest BCUT2D eigenvalue weighted by Gasteiger charge is 2.10. The van der Waals surface area contributed by atoms with Gasteiger partial charge in [0.05, 0.1) is 5.02 Å². The molecule has 0 aliphatic heterocycles. The number of benzene rings is 1. The molecule has 0 fully saturated rings. The van der Waals surface area contributed by atoms with Gasteiger partial charge in [0.1, 0.15) is 5.75 Å². The lowest BCUT2D eigenvalue weighted by atomic mass is 10.3. The maximum Gasteiger partial charge on any atom is 0.264 e. The van der Waals surface area contributed by atoms with Crippen molar-refractivity contribution < 1.29 is 9.26 Å². The molecule has 0 amide bonds. The van der Waals surface area contributed by atoms with Crippen molar-refractivity contribution in [1.29, 1.82) is 0 Å². The molecule has 0 aliphatic rings. The predicted molar refractivity (Wildman–Crippen MR) is 78.4 cm³/mol. The van der Waals surface area contributed by atoms with Crippen molar-refractivity contribution in [2.45, 2.75) is 6.61 Å². The van der Waals surface area contributed by atoms with Crippen LogP contribution in [0.2, 0.25) is 10.0 Å². The fourth-order valence-corrected chi connectivity index (χ4v) is 2.52. The Bertz CT molecular complexity index is 713. The van der Waals surface area contributed by atoms with Crippen molar-refractivity contribution in [2.24, 2.45) is 0 Å². The topological polar surface area (TPSA) is 48.2 Å². The molecule has 2 heterocycles. The first-order chi connectivity index (χ1) is 9.72. The van der Waals surface area contributed by atoms with E-state index in [0.717, 1.165) is 5.56 Å². The van der Waals surface area contributed by atoms with Gasteiger partial charge in [-0.05, 0) is 23.6 Å². The third kappa shape index (κ3) is 2.95. The maximum absolute atomic E-state index is 6.00. The zero-order valence-electron chi connectivity index (χ0n) is 10.0. The molecule has 4 nitrogen and oxygen atoms in total. The Labute approximate surface area is 128 Å². The maximum atomic E-state index is 6.00. The molecule has 102 valence electrons. The Hall–Kier alpha value is -1.56. The van der Waals surface area contributed by atoms with E-state index in [0.29, 0.717) is 27.5 Å². The van der Waals surface area contributed by atoms with Crippen molar-refractivity contribution in [3.8, 4) is 17.1 Å². The minimum Gasteiger partial charge on any atom is -0.482 e. The molecule has 0 radical (unpaired) electrons. The Kier molecular flexibility index (Phi) is 3.91. The number of ether oxygens (including phenoxy) is 1. The summed E-state index contributed by atoms with van der Waals surface area (Å²) in [4.78, 5) is 4.25. The number of thiophene rings is 1. The molecule has 20 heavy (non-hydrogen) atoms. The van der Waals surface area contributed by atoms with E-state index in [-0.39, 0.29) is 6.61 Å².